The molecule has 0 nitrogen and oxygen atoms in total. The minimum Gasteiger partial charge on any atom is -0.0654 e. The lowest BCUT2D eigenvalue weighted by molar-refractivity contribution is 0.314. The van der Waals surface area contributed by atoms with Gasteiger partial charge >= 0.3 is 0 Å². The molecule has 0 N–H and O–H groups in total. The van der Waals surface area contributed by atoms with Gasteiger partial charge in [0.05, 0.1) is 0 Å². The van der Waals surface area contributed by atoms with Gasteiger partial charge in [0.1, 0.15) is 0 Å². The smallest absolute Gasteiger partial charge is 0.0414 e. The van der Waals surface area contributed by atoms with E-state index in [0.717, 1.165) is 11.8 Å². The molecule has 0 aliphatic rings. The fourth-order valence-corrected chi connectivity index (χ4v) is 3.69. The molecule has 0 aromatic rings. The van der Waals surface area contributed by atoms with Gasteiger partial charge in [-0.3, -0.25) is 0 Å². The Kier molecular flexibility index (Phi) is 17.4. The van der Waals surface area contributed by atoms with E-state index >= 15 is 0 Å². The summed E-state index contributed by atoms with van der Waals surface area (Å²) in [6.07, 6.45) is 23.3. The molecule has 0 saturated carbocycles. The second-order valence-electron chi connectivity index (χ2n) is 7.59. The summed E-state index contributed by atoms with van der Waals surface area (Å²) in [4.78, 5) is 0. The van der Waals surface area contributed by atoms with Crippen molar-refractivity contribution in [1.82, 2.24) is 0 Å². The van der Waals surface area contributed by atoms with Gasteiger partial charge in [-0.1, -0.05) is 130 Å². The lowest BCUT2D eigenvalue weighted by Crippen LogP contribution is -2.07. The molecule has 0 unspecified atom stereocenters. The standard InChI is InChI=1S/C22H46/c1-5-9-13-17-22(18-14-10-6-2)20-19-21(15-11-7-3)16-12-8-4/h21-22H,5-20H2,1-4H3. The third-order valence-electron chi connectivity index (χ3n) is 5.35. The molecule has 0 heteroatoms. The Bertz CT molecular complexity index is 178. The summed E-state index contributed by atoms with van der Waals surface area (Å²) >= 11 is 0. The van der Waals surface area contributed by atoms with E-state index in [-0.39, 0.29) is 0 Å². The predicted molar refractivity (Wildman–Crippen MR) is 104 cm³/mol. The quantitative estimate of drug-likeness (QED) is 0.236. The van der Waals surface area contributed by atoms with E-state index in [2.05, 4.69) is 27.7 Å². The number of rotatable bonds is 17. The highest BCUT2D eigenvalue weighted by atomic mass is 14.2. The lowest BCUT2D eigenvalue weighted by Gasteiger charge is -2.21. The maximum atomic E-state index is 2.34. The van der Waals surface area contributed by atoms with Crippen LogP contribution in [0.4, 0.5) is 0 Å². The zero-order valence-corrected chi connectivity index (χ0v) is 16.5. The van der Waals surface area contributed by atoms with Gasteiger partial charge in [-0.15, -0.1) is 0 Å². The van der Waals surface area contributed by atoms with Crippen molar-refractivity contribution < 1.29 is 0 Å². The first kappa shape index (κ1) is 22.0. The third kappa shape index (κ3) is 13.6. The van der Waals surface area contributed by atoms with Crippen LogP contribution in [-0.2, 0) is 0 Å². The molecule has 0 radical (unpaired) electrons. The summed E-state index contributed by atoms with van der Waals surface area (Å²) in [6.45, 7) is 9.35. The molecule has 0 atom stereocenters. The Hall–Kier alpha value is 0. The van der Waals surface area contributed by atoms with Crippen molar-refractivity contribution in [3.63, 3.8) is 0 Å². The Balaban J connectivity index is 4.13. The van der Waals surface area contributed by atoms with E-state index in [4.69, 9.17) is 0 Å². The summed E-state index contributed by atoms with van der Waals surface area (Å²) in [7, 11) is 0. The van der Waals surface area contributed by atoms with Crippen LogP contribution in [0.1, 0.15) is 130 Å². The second kappa shape index (κ2) is 17.4. The molecular weight excluding hydrogens is 264 g/mol. The van der Waals surface area contributed by atoms with Crippen LogP contribution in [0.5, 0.6) is 0 Å². The molecule has 0 aromatic carbocycles. The monoisotopic (exact) mass is 310 g/mol. The molecular formula is C22H46. The molecule has 0 saturated heterocycles. The van der Waals surface area contributed by atoms with Crippen LogP contribution in [0.25, 0.3) is 0 Å². The topological polar surface area (TPSA) is 0 Å². The van der Waals surface area contributed by atoms with Crippen molar-refractivity contribution >= 4 is 0 Å². The maximum Gasteiger partial charge on any atom is -0.0414 e. The molecule has 0 aromatic heterocycles. The van der Waals surface area contributed by atoms with Gasteiger partial charge in [-0.2, -0.15) is 0 Å². The number of hydrogen-bond donors (Lipinski definition) is 0. The summed E-state index contributed by atoms with van der Waals surface area (Å²) in [5.74, 6) is 2.06. The van der Waals surface area contributed by atoms with Crippen LogP contribution < -0.4 is 0 Å². The van der Waals surface area contributed by atoms with Gasteiger partial charge in [0, 0.05) is 0 Å². The zero-order chi connectivity index (χ0) is 16.5. The summed E-state index contributed by atoms with van der Waals surface area (Å²) in [5, 5.41) is 0. The number of unbranched alkanes of at least 4 members (excludes halogenated alkanes) is 6. The molecule has 0 spiro atoms. The first-order valence-corrected chi connectivity index (χ1v) is 10.8. The van der Waals surface area contributed by atoms with Crippen LogP contribution in [0.15, 0.2) is 0 Å². The van der Waals surface area contributed by atoms with Gasteiger partial charge in [0.25, 0.3) is 0 Å². The van der Waals surface area contributed by atoms with Crippen molar-refractivity contribution in [3.05, 3.63) is 0 Å². The molecule has 0 heterocycles. The van der Waals surface area contributed by atoms with Crippen molar-refractivity contribution in [2.75, 3.05) is 0 Å². The van der Waals surface area contributed by atoms with E-state index in [1.54, 1.807) is 0 Å². The summed E-state index contributed by atoms with van der Waals surface area (Å²) in [5.41, 5.74) is 0. The van der Waals surface area contributed by atoms with Crippen LogP contribution in [0.3, 0.4) is 0 Å². The minimum absolute atomic E-state index is 1.03. The van der Waals surface area contributed by atoms with E-state index in [0.29, 0.717) is 0 Å². The van der Waals surface area contributed by atoms with Crippen molar-refractivity contribution in [2.45, 2.75) is 130 Å². The fourth-order valence-electron chi connectivity index (χ4n) is 3.69. The van der Waals surface area contributed by atoms with E-state index in [1.807, 2.05) is 0 Å². The van der Waals surface area contributed by atoms with Crippen molar-refractivity contribution in [2.24, 2.45) is 11.8 Å². The highest BCUT2D eigenvalue weighted by Crippen LogP contribution is 2.28. The Morgan fingerprint density at radius 1 is 0.364 bits per heavy atom. The molecule has 134 valence electrons. The Morgan fingerprint density at radius 2 is 0.682 bits per heavy atom. The highest BCUT2D eigenvalue weighted by Gasteiger charge is 2.13. The first-order valence-electron chi connectivity index (χ1n) is 10.8. The van der Waals surface area contributed by atoms with Gasteiger partial charge in [0.15, 0.2) is 0 Å². The summed E-state index contributed by atoms with van der Waals surface area (Å²) in [6, 6.07) is 0. The molecule has 0 amide bonds. The zero-order valence-electron chi connectivity index (χ0n) is 16.5. The average molecular weight is 311 g/mol. The van der Waals surface area contributed by atoms with Crippen LogP contribution in [0, 0.1) is 11.8 Å². The molecule has 0 aliphatic carbocycles. The average Bonchev–Trinajstić information content (AvgIpc) is 2.53. The minimum atomic E-state index is 1.03. The molecule has 22 heavy (non-hydrogen) atoms. The van der Waals surface area contributed by atoms with Crippen molar-refractivity contribution in [1.29, 1.82) is 0 Å². The third-order valence-corrected chi connectivity index (χ3v) is 5.35. The summed E-state index contributed by atoms with van der Waals surface area (Å²) < 4.78 is 0. The largest absolute Gasteiger partial charge is 0.0654 e. The molecule has 0 bridgehead atoms. The predicted octanol–water partition coefficient (Wildman–Crippen LogP) is 8.54. The van der Waals surface area contributed by atoms with Crippen LogP contribution >= 0.6 is 0 Å². The highest BCUT2D eigenvalue weighted by molar-refractivity contribution is 4.66. The van der Waals surface area contributed by atoms with E-state index in [9.17, 15) is 0 Å². The first-order chi connectivity index (χ1) is 10.8. The van der Waals surface area contributed by atoms with Gasteiger partial charge in [-0.05, 0) is 11.8 Å². The van der Waals surface area contributed by atoms with Crippen LogP contribution in [0.2, 0.25) is 0 Å². The second-order valence-corrected chi connectivity index (χ2v) is 7.59. The molecule has 0 fully saturated rings. The van der Waals surface area contributed by atoms with Crippen LogP contribution in [-0.4, -0.2) is 0 Å². The molecule has 0 aliphatic heterocycles. The maximum absolute atomic E-state index is 2.34. The molecule has 0 rings (SSSR count). The Morgan fingerprint density at radius 3 is 1.00 bits per heavy atom. The normalized spacial score (nSPS) is 11.7. The van der Waals surface area contributed by atoms with Gasteiger partial charge in [-0.25, -0.2) is 0 Å². The Labute approximate surface area is 142 Å². The van der Waals surface area contributed by atoms with E-state index < -0.39 is 0 Å². The SMILES string of the molecule is CCCCCC(CCCCC)CCC(CCCC)CCCC. The number of hydrogen-bond acceptors (Lipinski definition) is 0. The van der Waals surface area contributed by atoms with Crippen molar-refractivity contribution in [3.8, 4) is 0 Å². The van der Waals surface area contributed by atoms with Gasteiger partial charge in [0.2, 0.25) is 0 Å². The van der Waals surface area contributed by atoms with E-state index in [1.165, 1.54) is 103 Å². The fraction of sp³-hybridized carbons (Fsp3) is 1.00. The lowest BCUT2D eigenvalue weighted by atomic mass is 9.84. The van der Waals surface area contributed by atoms with Gasteiger partial charge < -0.3 is 0 Å².